The molecule has 1 fully saturated rings. The molecule has 1 unspecified atom stereocenters. The fourth-order valence-electron chi connectivity index (χ4n) is 3.94. The molecule has 8 heteroatoms. The van der Waals surface area contributed by atoms with E-state index < -0.39 is 6.04 Å². The Hall–Kier alpha value is -1.93. The quantitative estimate of drug-likeness (QED) is 0.748. The van der Waals surface area contributed by atoms with Crippen LogP contribution in [0.15, 0.2) is 6.07 Å². The number of anilines is 1. The van der Waals surface area contributed by atoms with Gasteiger partial charge in [-0.2, -0.15) is 5.10 Å². The Labute approximate surface area is 161 Å². The molecular weight excluding hydrogens is 344 g/mol. The Morgan fingerprint density at radius 2 is 1.89 bits per heavy atom. The summed E-state index contributed by atoms with van der Waals surface area (Å²) in [5.41, 5.74) is 0.867. The lowest BCUT2D eigenvalue weighted by atomic mass is 10.1. The van der Waals surface area contributed by atoms with Gasteiger partial charge < -0.3 is 10.2 Å². The lowest BCUT2D eigenvalue weighted by Crippen LogP contribution is -2.53. The topological polar surface area (TPSA) is 73.7 Å². The van der Waals surface area contributed by atoms with Crippen molar-refractivity contribution in [3.05, 3.63) is 11.8 Å². The molecule has 0 radical (unpaired) electrons. The molecule has 2 amide bonds. The Morgan fingerprint density at radius 3 is 2.56 bits per heavy atom. The van der Waals surface area contributed by atoms with Crippen LogP contribution in [0.1, 0.15) is 32.4 Å². The van der Waals surface area contributed by atoms with E-state index in [0.29, 0.717) is 25.9 Å². The van der Waals surface area contributed by atoms with E-state index in [-0.39, 0.29) is 11.8 Å². The molecule has 1 aromatic rings. The van der Waals surface area contributed by atoms with Gasteiger partial charge in [-0.25, -0.2) is 4.68 Å². The molecule has 1 atom stereocenters. The molecule has 1 N–H and O–H groups in total. The van der Waals surface area contributed by atoms with E-state index >= 15 is 0 Å². The van der Waals surface area contributed by atoms with E-state index in [2.05, 4.69) is 27.1 Å². The third-order valence-electron chi connectivity index (χ3n) is 5.57. The van der Waals surface area contributed by atoms with Crippen LogP contribution in [-0.2, 0) is 16.1 Å². The van der Waals surface area contributed by atoms with Gasteiger partial charge in [0.05, 0.1) is 12.2 Å². The van der Waals surface area contributed by atoms with Gasteiger partial charge in [0.15, 0.2) is 0 Å². The van der Waals surface area contributed by atoms with Crippen LogP contribution in [-0.4, -0.2) is 83.2 Å². The number of nitrogens with zero attached hydrogens (tertiary/aromatic N) is 5. The first-order valence-electron chi connectivity index (χ1n) is 10.1. The second-order valence-corrected chi connectivity index (χ2v) is 7.37. The van der Waals surface area contributed by atoms with Crippen molar-refractivity contribution in [2.75, 3.05) is 50.7 Å². The van der Waals surface area contributed by atoms with Crippen LogP contribution in [0.3, 0.4) is 0 Å². The van der Waals surface area contributed by atoms with Gasteiger partial charge in [0.1, 0.15) is 11.9 Å². The van der Waals surface area contributed by atoms with Crippen molar-refractivity contribution in [1.82, 2.24) is 24.9 Å². The van der Waals surface area contributed by atoms with Crippen LogP contribution in [0.5, 0.6) is 0 Å². The smallest absolute Gasteiger partial charge is 0.243 e. The highest BCUT2D eigenvalue weighted by molar-refractivity contribution is 6.00. The molecule has 2 aliphatic rings. The molecule has 0 aromatic carbocycles. The Balaban J connectivity index is 1.56. The van der Waals surface area contributed by atoms with Crippen molar-refractivity contribution in [2.45, 2.75) is 46.2 Å². The van der Waals surface area contributed by atoms with E-state index in [0.717, 1.165) is 50.8 Å². The minimum absolute atomic E-state index is 0.0000810. The average Bonchev–Trinajstić information content (AvgIpc) is 3.05. The van der Waals surface area contributed by atoms with Gasteiger partial charge in [-0.15, -0.1) is 0 Å². The second-order valence-electron chi connectivity index (χ2n) is 7.37. The largest absolute Gasteiger partial charge is 0.353 e. The molecular formula is C19H32N6O2. The number of rotatable bonds is 7. The van der Waals surface area contributed by atoms with E-state index in [1.165, 1.54) is 0 Å². The number of likely N-dealkylation sites (N-methyl/N-ethyl adjacent to an activating group) is 1. The van der Waals surface area contributed by atoms with Crippen LogP contribution in [0.25, 0.3) is 0 Å². The second kappa shape index (κ2) is 8.84. The third-order valence-corrected chi connectivity index (χ3v) is 5.57. The first-order chi connectivity index (χ1) is 13.0. The van der Waals surface area contributed by atoms with Crippen LogP contribution in [0, 0.1) is 6.92 Å². The maximum atomic E-state index is 12.8. The fourth-order valence-corrected chi connectivity index (χ4v) is 3.94. The summed E-state index contributed by atoms with van der Waals surface area (Å²) in [5.74, 6) is 0.659. The van der Waals surface area contributed by atoms with Crippen molar-refractivity contribution in [3.63, 3.8) is 0 Å². The summed E-state index contributed by atoms with van der Waals surface area (Å²) >= 11 is 0. The zero-order chi connectivity index (χ0) is 19.4. The van der Waals surface area contributed by atoms with Crippen LogP contribution >= 0.6 is 0 Å². The third kappa shape index (κ3) is 4.50. The van der Waals surface area contributed by atoms with Crippen LogP contribution in [0.2, 0.25) is 0 Å². The monoisotopic (exact) mass is 376 g/mol. The van der Waals surface area contributed by atoms with E-state index in [9.17, 15) is 9.59 Å². The maximum absolute atomic E-state index is 12.8. The normalized spacial score (nSPS) is 19.8. The summed E-state index contributed by atoms with van der Waals surface area (Å²) in [7, 11) is 0. The van der Waals surface area contributed by atoms with Gasteiger partial charge in [-0.3, -0.25) is 19.4 Å². The van der Waals surface area contributed by atoms with Crippen molar-refractivity contribution in [1.29, 1.82) is 0 Å². The number of hydrogen-bond acceptors (Lipinski definition) is 5. The lowest BCUT2D eigenvalue weighted by molar-refractivity contribution is -0.127. The Bertz CT molecular complexity index is 665. The maximum Gasteiger partial charge on any atom is 0.243 e. The summed E-state index contributed by atoms with van der Waals surface area (Å²) in [6.07, 6.45) is 0.969. The standard InChI is InChI=1S/C19H32N6O2/c1-4-16(25-17-14-15(3)21-24(17)8-6-18(25)26)19(27)20-7-9-23-12-10-22(5-2)11-13-23/h14,16H,4-13H2,1-3H3,(H,20,27). The van der Waals surface area contributed by atoms with Crippen molar-refractivity contribution < 1.29 is 9.59 Å². The molecule has 0 bridgehead atoms. The van der Waals surface area contributed by atoms with Crippen LogP contribution < -0.4 is 10.2 Å². The first-order valence-corrected chi connectivity index (χ1v) is 10.1. The number of carbonyl (C=O) groups excluding carboxylic acids is 2. The molecule has 0 saturated carbocycles. The van der Waals surface area contributed by atoms with Gasteiger partial charge in [0, 0.05) is 51.8 Å². The molecule has 8 nitrogen and oxygen atoms in total. The van der Waals surface area contributed by atoms with Crippen molar-refractivity contribution in [3.8, 4) is 0 Å². The van der Waals surface area contributed by atoms with Crippen molar-refractivity contribution in [2.24, 2.45) is 0 Å². The highest BCUT2D eigenvalue weighted by atomic mass is 16.2. The number of fused-ring (bicyclic) bond motifs is 1. The van der Waals surface area contributed by atoms with E-state index in [4.69, 9.17) is 0 Å². The minimum atomic E-state index is -0.482. The van der Waals surface area contributed by atoms with Gasteiger partial charge in [0.25, 0.3) is 0 Å². The molecule has 0 spiro atoms. The molecule has 0 aliphatic carbocycles. The number of amides is 2. The zero-order valence-corrected chi connectivity index (χ0v) is 16.8. The van der Waals surface area contributed by atoms with Gasteiger partial charge in [-0.1, -0.05) is 13.8 Å². The van der Waals surface area contributed by atoms with Crippen molar-refractivity contribution >= 4 is 17.6 Å². The van der Waals surface area contributed by atoms with Gasteiger partial charge in [-0.05, 0) is 19.9 Å². The predicted octanol–water partition coefficient (Wildman–Crippen LogP) is 0.461. The summed E-state index contributed by atoms with van der Waals surface area (Å²) < 4.78 is 1.83. The SMILES string of the molecule is CCC(C(=O)NCCN1CCN(CC)CC1)N1C(=O)CCn2nc(C)cc21. The number of piperazine rings is 1. The molecule has 1 aromatic heterocycles. The molecule has 3 heterocycles. The molecule has 2 aliphatic heterocycles. The Kier molecular flexibility index (Phi) is 6.49. The molecule has 150 valence electrons. The molecule has 1 saturated heterocycles. The number of carbonyl (C=O) groups is 2. The lowest BCUT2D eigenvalue weighted by Gasteiger charge is -2.35. The first kappa shape index (κ1) is 19.8. The number of aryl methyl sites for hydroxylation is 2. The highest BCUT2D eigenvalue weighted by Gasteiger charge is 2.34. The van der Waals surface area contributed by atoms with E-state index in [1.54, 1.807) is 4.90 Å². The minimum Gasteiger partial charge on any atom is -0.353 e. The predicted molar refractivity (Wildman–Crippen MR) is 105 cm³/mol. The highest BCUT2D eigenvalue weighted by Crippen LogP contribution is 2.25. The summed E-state index contributed by atoms with van der Waals surface area (Å²) in [6.45, 7) is 13.5. The zero-order valence-electron chi connectivity index (χ0n) is 16.8. The van der Waals surface area contributed by atoms with Crippen LogP contribution in [0.4, 0.5) is 5.82 Å². The average molecular weight is 377 g/mol. The van der Waals surface area contributed by atoms with Gasteiger partial charge >= 0.3 is 0 Å². The Morgan fingerprint density at radius 1 is 1.19 bits per heavy atom. The number of hydrogen-bond donors (Lipinski definition) is 1. The summed E-state index contributed by atoms with van der Waals surface area (Å²) in [5, 5.41) is 7.47. The number of aromatic nitrogens is 2. The van der Waals surface area contributed by atoms with Gasteiger partial charge in [0.2, 0.25) is 11.8 Å². The molecule has 27 heavy (non-hydrogen) atoms. The summed E-state index contributed by atoms with van der Waals surface area (Å²) in [6, 6.07) is 1.41. The number of nitrogens with one attached hydrogen (secondary N) is 1. The fraction of sp³-hybridized carbons (Fsp3) is 0.737. The van der Waals surface area contributed by atoms with E-state index in [1.807, 2.05) is 24.6 Å². The summed E-state index contributed by atoms with van der Waals surface area (Å²) in [4.78, 5) is 31.8. The molecule has 3 rings (SSSR count).